The fraction of sp³-hybridized carbons (Fsp3) is 0.417. The minimum atomic E-state index is -0.895. The number of carboxylic acids is 1. The molecule has 2 N–H and O–H groups in total. The predicted octanol–water partition coefficient (Wildman–Crippen LogP) is 1.30. The van der Waals surface area contributed by atoms with Gasteiger partial charge in [0, 0.05) is 6.04 Å². The standard InChI is InChI=1S/C12H15NO3/c1-2-13-10-6-9-5-8(12(14)15)3-4-11(9)16-7-10/h3-5,10,13H,2,6-7H2,1H3,(H,14,15). The Labute approximate surface area is 94.2 Å². The largest absolute Gasteiger partial charge is 0.492 e. The van der Waals surface area contributed by atoms with E-state index in [-0.39, 0.29) is 6.04 Å². The molecule has 1 atom stereocenters. The van der Waals surface area contributed by atoms with Crippen molar-refractivity contribution in [1.82, 2.24) is 5.32 Å². The molecule has 1 aliphatic heterocycles. The fourth-order valence-corrected chi connectivity index (χ4v) is 1.95. The molecular formula is C12H15NO3. The highest BCUT2D eigenvalue weighted by Gasteiger charge is 2.20. The van der Waals surface area contributed by atoms with Gasteiger partial charge < -0.3 is 15.2 Å². The van der Waals surface area contributed by atoms with E-state index in [0.717, 1.165) is 24.3 Å². The van der Waals surface area contributed by atoms with Crippen LogP contribution in [-0.4, -0.2) is 30.3 Å². The summed E-state index contributed by atoms with van der Waals surface area (Å²) in [5.74, 6) is -0.0903. The molecule has 0 aliphatic carbocycles. The van der Waals surface area contributed by atoms with Crippen LogP contribution in [0.4, 0.5) is 0 Å². The quantitative estimate of drug-likeness (QED) is 0.807. The van der Waals surface area contributed by atoms with Gasteiger partial charge in [-0.15, -0.1) is 0 Å². The van der Waals surface area contributed by atoms with Crippen LogP contribution >= 0.6 is 0 Å². The average Bonchev–Trinajstić information content (AvgIpc) is 2.28. The first-order chi connectivity index (χ1) is 7.70. The van der Waals surface area contributed by atoms with Crippen molar-refractivity contribution in [2.24, 2.45) is 0 Å². The van der Waals surface area contributed by atoms with Gasteiger partial charge in [0.15, 0.2) is 0 Å². The molecule has 0 amide bonds. The second-order valence-electron chi connectivity index (χ2n) is 3.90. The molecule has 0 radical (unpaired) electrons. The molecule has 4 heteroatoms. The van der Waals surface area contributed by atoms with E-state index in [1.807, 2.05) is 6.92 Å². The second-order valence-corrected chi connectivity index (χ2v) is 3.90. The Kier molecular flexibility index (Phi) is 3.10. The highest BCUT2D eigenvalue weighted by atomic mass is 16.5. The molecule has 0 fully saturated rings. The number of ether oxygens (including phenoxy) is 1. The molecule has 4 nitrogen and oxygen atoms in total. The van der Waals surface area contributed by atoms with Gasteiger partial charge in [0.2, 0.25) is 0 Å². The first-order valence-electron chi connectivity index (χ1n) is 5.43. The smallest absolute Gasteiger partial charge is 0.335 e. The normalized spacial score (nSPS) is 18.7. The van der Waals surface area contributed by atoms with Crippen LogP contribution in [0.5, 0.6) is 5.75 Å². The van der Waals surface area contributed by atoms with E-state index in [0.29, 0.717) is 12.2 Å². The monoisotopic (exact) mass is 221 g/mol. The van der Waals surface area contributed by atoms with Gasteiger partial charge in [0.1, 0.15) is 12.4 Å². The van der Waals surface area contributed by atoms with Crippen molar-refractivity contribution in [3.05, 3.63) is 29.3 Å². The van der Waals surface area contributed by atoms with Crippen molar-refractivity contribution in [1.29, 1.82) is 0 Å². The van der Waals surface area contributed by atoms with Gasteiger partial charge in [-0.05, 0) is 36.7 Å². The van der Waals surface area contributed by atoms with E-state index in [1.54, 1.807) is 18.2 Å². The van der Waals surface area contributed by atoms with Crippen LogP contribution in [0.25, 0.3) is 0 Å². The molecule has 1 aliphatic rings. The lowest BCUT2D eigenvalue weighted by Crippen LogP contribution is -2.39. The van der Waals surface area contributed by atoms with Gasteiger partial charge in [0.25, 0.3) is 0 Å². The number of fused-ring (bicyclic) bond motifs is 1. The summed E-state index contributed by atoms with van der Waals surface area (Å²) < 4.78 is 5.57. The van der Waals surface area contributed by atoms with Crippen molar-refractivity contribution >= 4 is 5.97 Å². The number of hydrogen-bond donors (Lipinski definition) is 2. The third-order valence-corrected chi connectivity index (χ3v) is 2.71. The zero-order valence-electron chi connectivity index (χ0n) is 9.19. The van der Waals surface area contributed by atoms with E-state index in [2.05, 4.69) is 5.32 Å². The van der Waals surface area contributed by atoms with Crippen LogP contribution in [0.15, 0.2) is 18.2 Å². The number of aromatic carboxylic acids is 1. The number of benzene rings is 1. The number of likely N-dealkylation sites (N-methyl/N-ethyl adjacent to an activating group) is 1. The van der Waals surface area contributed by atoms with Crippen molar-refractivity contribution in [2.75, 3.05) is 13.2 Å². The summed E-state index contributed by atoms with van der Waals surface area (Å²) in [5.41, 5.74) is 1.29. The molecule has 0 saturated carbocycles. The maximum Gasteiger partial charge on any atom is 0.335 e. The van der Waals surface area contributed by atoms with Gasteiger partial charge in [0.05, 0.1) is 5.56 Å². The molecule has 1 aromatic rings. The molecule has 86 valence electrons. The van der Waals surface area contributed by atoms with Gasteiger partial charge in [-0.1, -0.05) is 6.92 Å². The Morgan fingerprint density at radius 1 is 1.62 bits per heavy atom. The zero-order chi connectivity index (χ0) is 11.5. The minimum Gasteiger partial charge on any atom is -0.492 e. The Balaban J connectivity index is 2.21. The first kappa shape index (κ1) is 11.0. The number of nitrogens with one attached hydrogen (secondary N) is 1. The Hall–Kier alpha value is -1.55. The summed E-state index contributed by atoms with van der Waals surface area (Å²) in [6.45, 7) is 3.58. The molecule has 1 unspecified atom stereocenters. The van der Waals surface area contributed by atoms with Gasteiger partial charge in [-0.3, -0.25) is 0 Å². The predicted molar refractivity (Wildman–Crippen MR) is 60.1 cm³/mol. The summed E-state index contributed by atoms with van der Waals surface area (Å²) in [6, 6.07) is 5.29. The van der Waals surface area contributed by atoms with Crippen molar-refractivity contribution < 1.29 is 14.6 Å². The molecule has 0 aromatic heterocycles. The first-order valence-corrected chi connectivity index (χ1v) is 5.43. The molecule has 16 heavy (non-hydrogen) atoms. The van der Waals surface area contributed by atoms with Crippen LogP contribution < -0.4 is 10.1 Å². The molecular weight excluding hydrogens is 206 g/mol. The van der Waals surface area contributed by atoms with Crippen LogP contribution in [0.3, 0.4) is 0 Å². The third kappa shape index (κ3) is 2.17. The van der Waals surface area contributed by atoms with Crippen LogP contribution in [-0.2, 0) is 6.42 Å². The lowest BCUT2D eigenvalue weighted by molar-refractivity contribution is 0.0696. The second kappa shape index (κ2) is 4.53. The van der Waals surface area contributed by atoms with Crippen molar-refractivity contribution in [3.8, 4) is 5.75 Å². The number of carboxylic acid groups (broad SMARTS) is 1. The Bertz CT molecular complexity index is 403. The number of carbonyl (C=O) groups is 1. The summed E-state index contributed by atoms with van der Waals surface area (Å²) in [6.07, 6.45) is 0.824. The average molecular weight is 221 g/mol. The summed E-state index contributed by atoms with van der Waals surface area (Å²) in [5, 5.41) is 12.2. The van der Waals surface area contributed by atoms with Crippen LogP contribution in [0, 0.1) is 0 Å². The summed E-state index contributed by atoms with van der Waals surface area (Å²) in [7, 11) is 0. The fourth-order valence-electron chi connectivity index (χ4n) is 1.95. The lowest BCUT2D eigenvalue weighted by Gasteiger charge is -2.25. The van der Waals surface area contributed by atoms with Gasteiger partial charge in [-0.2, -0.15) is 0 Å². The zero-order valence-corrected chi connectivity index (χ0v) is 9.19. The van der Waals surface area contributed by atoms with Gasteiger partial charge in [-0.25, -0.2) is 4.79 Å². The molecule has 0 bridgehead atoms. The summed E-state index contributed by atoms with van der Waals surface area (Å²) >= 11 is 0. The number of hydrogen-bond acceptors (Lipinski definition) is 3. The van der Waals surface area contributed by atoms with Crippen LogP contribution in [0.1, 0.15) is 22.8 Å². The Morgan fingerprint density at radius 3 is 3.12 bits per heavy atom. The third-order valence-electron chi connectivity index (χ3n) is 2.71. The lowest BCUT2D eigenvalue weighted by atomic mass is 10.0. The molecule has 0 spiro atoms. The summed E-state index contributed by atoms with van der Waals surface area (Å²) in [4.78, 5) is 10.8. The van der Waals surface area contributed by atoms with Crippen molar-refractivity contribution in [3.63, 3.8) is 0 Å². The molecule has 1 aromatic carbocycles. The van der Waals surface area contributed by atoms with Crippen molar-refractivity contribution in [2.45, 2.75) is 19.4 Å². The van der Waals surface area contributed by atoms with E-state index in [1.165, 1.54) is 0 Å². The highest BCUT2D eigenvalue weighted by Crippen LogP contribution is 2.25. The SMILES string of the molecule is CCNC1COc2ccc(C(=O)O)cc2C1. The maximum atomic E-state index is 10.8. The van der Waals surface area contributed by atoms with E-state index in [9.17, 15) is 4.79 Å². The Morgan fingerprint density at radius 2 is 2.44 bits per heavy atom. The van der Waals surface area contributed by atoms with E-state index >= 15 is 0 Å². The maximum absolute atomic E-state index is 10.8. The van der Waals surface area contributed by atoms with Crippen LogP contribution in [0.2, 0.25) is 0 Å². The molecule has 2 rings (SSSR count). The molecule has 1 heterocycles. The van der Waals surface area contributed by atoms with Gasteiger partial charge >= 0.3 is 5.97 Å². The highest BCUT2D eigenvalue weighted by molar-refractivity contribution is 5.88. The number of rotatable bonds is 3. The van der Waals surface area contributed by atoms with E-state index in [4.69, 9.17) is 9.84 Å². The minimum absolute atomic E-state index is 0.279. The molecule has 0 saturated heterocycles. The van der Waals surface area contributed by atoms with E-state index < -0.39 is 5.97 Å². The topological polar surface area (TPSA) is 58.6 Å².